The molecule has 0 saturated carbocycles. The smallest absolute Gasteiger partial charge is 0.348 e. The van der Waals surface area contributed by atoms with E-state index in [2.05, 4.69) is 14.7 Å². The molecule has 5 nitrogen and oxygen atoms in total. The molecular weight excluding hydrogens is 323 g/mol. The first kappa shape index (κ1) is 13.6. The quantitative estimate of drug-likeness (QED) is 0.645. The van der Waals surface area contributed by atoms with Crippen LogP contribution in [0.5, 0.6) is 0 Å². The number of hydrogen-bond donors (Lipinski definition) is 1. The highest BCUT2D eigenvalue weighted by Gasteiger charge is 2.27. The molecule has 0 atom stereocenters. The Bertz CT molecular complexity index is 674. The first-order valence-corrected chi connectivity index (χ1v) is 6.47. The molecule has 0 aliphatic carbocycles. The van der Waals surface area contributed by atoms with Gasteiger partial charge >= 0.3 is 5.97 Å². The van der Waals surface area contributed by atoms with E-state index in [-0.39, 0.29) is 16.1 Å². The molecule has 2 aromatic rings. The van der Waals surface area contributed by atoms with Crippen LogP contribution in [0.3, 0.4) is 0 Å². The largest absolute Gasteiger partial charge is 0.465 e. The maximum Gasteiger partial charge on any atom is 0.348 e. The topological polar surface area (TPSA) is 72.1 Å². The zero-order valence-corrected chi connectivity index (χ0v) is 11.9. The van der Waals surface area contributed by atoms with E-state index < -0.39 is 15.3 Å². The number of H-pyrrole nitrogens is 1. The number of alkyl halides is 3. The van der Waals surface area contributed by atoms with Gasteiger partial charge in [-0.3, -0.25) is 4.79 Å². The molecule has 9 heteroatoms. The van der Waals surface area contributed by atoms with Crippen LogP contribution >= 0.6 is 46.1 Å². The molecule has 0 radical (unpaired) electrons. The molecule has 0 spiro atoms. The number of halogens is 3. The second kappa shape index (κ2) is 4.70. The summed E-state index contributed by atoms with van der Waals surface area (Å²) in [5.41, 5.74) is -0.479. The van der Waals surface area contributed by atoms with E-state index in [9.17, 15) is 9.59 Å². The van der Waals surface area contributed by atoms with Crippen molar-refractivity contribution in [2.24, 2.45) is 0 Å². The van der Waals surface area contributed by atoms with Crippen molar-refractivity contribution >= 4 is 62.3 Å². The first-order chi connectivity index (χ1) is 8.32. The molecule has 2 rings (SSSR count). The maximum atomic E-state index is 11.8. The van der Waals surface area contributed by atoms with Gasteiger partial charge in [-0.1, -0.05) is 34.8 Å². The van der Waals surface area contributed by atoms with Gasteiger partial charge in [0.05, 0.1) is 12.5 Å². The Balaban J connectivity index is 2.67. The van der Waals surface area contributed by atoms with Crippen LogP contribution < -0.4 is 5.56 Å². The van der Waals surface area contributed by atoms with Gasteiger partial charge in [-0.25, -0.2) is 9.78 Å². The minimum Gasteiger partial charge on any atom is -0.465 e. The Labute approximate surface area is 120 Å². The van der Waals surface area contributed by atoms with Gasteiger partial charge in [-0.05, 0) is 6.07 Å². The summed E-state index contributed by atoms with van der Waals surface area (Å²) in [7, 11) is 1.25. The van der Waals surface area contributed by atoms with E-state index in [4.69, 9.17) is 34.8 Å². The van der Waals surface area contributed by atoms with Crippen molar-refractivity contribution in [2.45, 2.75) is 3.79 Å². The van der Waals surface area contributed by atoms with Gasteiger partial charge in [0.2, 0.25) is 3.79 Å². The Hall–Kier alpha value is -0.820. The van der Waals surface area contributed by atoms with Crippen molar-refractivity contribution in [2.75, 3.05) is 7.11 Å². The monoisotopic (exact) mass is 326 g/mol. The van der Waals surface area contributed by atoms with Gasteiger partial charge in [-0.2, -0.15) is 0 Å². The van der Waals surface area contributed by atoms with Crippen LogP contribution in [-0.4, -0.2) is 23.0 Å². The molecule has 0 unspecified atom stereocenters. The number of hydrogen-bond acceptors (Lipinski definition) is 5. The first-order valence-electron chi connectivity index (χ1n) is 4.52. The van der Waals surface area contributed by atoms with Crippen molar-refractivity contribution < 1.29 is 9.53 Å². The summed E-state index contributed by atoms with van der Waals surface area (Å²) in [5.74, 6) is -0.643. The van der Waals surface area contributed by atoms with Gasteiger partial charge in [-0.15, -0.1) is 11.3 Å². The number of nitrogens with one attached hydrogen (secondary N) is 1. The van der Waals surface area contributed by atoms with Crippen LogP contribution in [0.2, 0.25) is 0 Å². The molecule has 2 aromatic heterocycles. The molecule has 0 fully saturated rings. The van der Waals surface area contributed by atoms with Crippen LogP contribution in [0.15, 0.2) is 10.9 Å². The van der Waals surface area contributed by atoms with Crippen molar-refractivity contribution in [3.8, 4) is 0 Å². The molecule has 0 aliphatic rings. The minimum absolute atomic E-state index is 0.0942. The highest BCUT2D eigenvalue weighted by atomic mass is 35.6. The minimum atomic E-state index is -1.83. The summed E-state index contributed by atoms with van der Waals surface area (Å²) in [6.45, 7) is 0. The zero-order valence-electron chi connectivity index (χ0n) is 8.79. The van der Waals surface area contributed by atoms with E-state index in [1.807, 2.05) is 0 Å². The number of aromatic nitrogens is 2. The average molecular weight is 328 g/mol. The third-order valence-electron chi connectivity index (χ3n) is 2.06. The highest BCUT2D eigenvalue weighted by Crippen LogP contribution is 2.36. The van der Waals surface area contributed by atoms with Crippen LogP contribution in [-0.2, 0) is 8.53 Å². The molecule has 18 heavy (non-hydrogen) atoms. The van der Waals surface area contributed by atoms with E-state index in [1.165, 1.54) is 13.2 Å². The highest BCUT2D eigenvalue weighted by molar-refractivity contribution is 7.20. The molecule has 96 valence electrons. The van der Waals surface area contributed by atoms with Crippen molar-refractivity contribution in [3.05, 3.63) is 27.1 Å². The SMILES string of the molecule is COC(=O)c1cc2c(=O)[nH]c(C(Cl)(Cl)Cl)nc2s1. The number of carbonyl (C=O) groups is 1. The number of carbonyl (C=O) groups excluding carboxylic acids is 1. The number of esters is 1. The van der Waals surface area contributed by atoms with Crippen LogP contribution in [0, 0.1) is 0 Å². The van der Waals surface area contributed by atoms with Gasteiger partial charge < -0.3 is 9.72 Å². The van der Waals surface area contributed by atoms with E-state index in [0.717, 1.165) is 11.3 Å². The maximum absolute atomic E-state index is 11.8. The second-order valence-electron chi connectivity index (χ2n) is 3.23. The Morgan fingerprint density at radius 1 is 1.50 bits per heavy atom. The predicted octanol–water partition coefficient (Wildman–Crippen LogP) is 2.60. The standard InChI is InChI=1S/C9H5Cl3N2O3S/c1-17-7(16)4-2-3-5(15)13-8(9(10,11)12)14-6(3)18-4/h2H,1H3,(H,13,14,15). The molecule has 0 saturated heterocycles. The fourth-order valence-electron chi connectivity index (χ4n) is 1.27. The Morgan fingerprint density at radius 2 is 2.17 bits per heavy atom. The number of nitrogens with zero attached hydrogens (tertiary/aromatic N) is 1. The Morgan fingerprint density at radius 3 is 2.72 bits per heavy atom. The number of aromatic amines is 1. The summed E-state index contributed by atoms with van der Waals surface area (Å²) in [6, 6.07) is 1.39. The van der Waals surface area contributed by atoms with Gasteiger partial charge in [0.25, 0.3) is 5.56 Å². The summed E-state index contributed by atoms with van der Waals surface area (Å²) >= 11 is 17.9. The van der Waals surface area contributed by atoms with Crippen molar-refractivity contribution in [1.82, 2.24) is 9.97 Å². The van der Waals surface area contributed by atoms with Crippen LogP contribution in [0.1, 0.15) is 15.5 Å². The average Bonchev–Trinajstić information content (AvgIpc) is 2.71. The lowest BCUT2D eigenvalue weighted by Crippen LogP contribution is -2.16. The molecule has 0 bridgehead atoms. The zero-order chi connectivity index (χ0) is 13.5. The third-order valence-corrected chi connectivity index (χ3v) is 3.60. The fraction of sp³-hybridized carbons (Fsp3) is 0.222. The molecule has 0 amide bonds. The van der Waals surface area contributed by atoms with Crippen molar-refractivity contribution in [3.63, 3.8) is 0 Å². The number of fused-ring (bicyclic) bond motifs is 1. The molecule has 0 aromatic carbocycles. The Kier molecular flexibility index (Phi) is 3.55. The lowest BCUT2D eigenvalue weighted by molar-refractivity contribution is 0.0606. The van der Waals surface area contributed by atoms with E-state index >= 15 is 0 Å². The van der Waals surface area contributed by atoms with Crippen LogP contribution in [0.25, 0.3) is 10.2 Å². The fourth-order valence-corrected chi connectivity index (χ4v) is 2.49. The summed E-state index contributed by atoms with van der Waals surface area (Å²) in [5, 5.41) is 0.249. The number of rotatable bonds is 1. The second-order valence-corrected chi connectivity index (χ2v) is 6.55. The van der Waals surface area contributed by atoms with E-state index in [1.54, 1.807) is 0 Å². The van der Waals surface area contributed by atoms with Crippen LogP contribution in [0.4, 0.5) is 0 Å². The van der Waals surface area contributed by atoms with Crippen molar-refractivity contribution in [1.29, 1.82) is 0 Å². The molecule has 1 N–H and O–H groups in total. The number of thiophene rings is 1. The normalized spacial score (nSPS) is 11.8. The summed E-state index contributed by atoms with van der Waals surface area (Å²) in [6.07, 6.45) is 0. The summed E-state index contributed by atoms with van der Waals surface area (Å²) < 4.78 is 2.73. The molecule has 2 heterocycles. The predicted molar refractivity (Wildman–Crippen MR) is 70.8 cm³/mol. The van der Waals surface area contributed by atoms with Gasteiger partial charge in [0.15, 0.2) is 5.82 Å². The van der Waals surface area contributed by atoms with Gasteiger partial charge in [0.1, 0.15) is 9.71 Å². The number of methoxy groups -OCH3 is 1. The lowest BCUT2D eigenvalue weighted by atomic mass is 10.3. The lowest BCUT2D eigenvalue weighted by Gasteiger charge is -2.08. The third kappa shape index (κ3) is 2.47. The van der Waals surface area contributed by atoms with Gasteiger partial charge in [0, 0.05) is 0 Å². The number of ether oxygens (including phenoxy) is 1. The molecule has 0 aliphatic heterocycles. The molecular formula is C9H5Cl3N2O3S. The summed E-state index contributed by atoms with van der Waals surface area (Å²) in [4.78, 5) is 30.0. The van der Waals surface area contributed by atoms with E-state index in [0.29, 0.717) is 4.83 Å².